The van der Waals surface area contributed by atoms with Gasteiger partial charge in [-0.1, -0.05) is 44.5 Å². The van der Waals surface area contributed by atoms with Crippen LogP contribution < -0.4 is 4.72 Å². The summed E-state index contributed by atoms with van der Waals surface area (Å²) in [7, 11) is 0.524. The lowest BCUT2D eigenvalue weighted by Crippen LogP contribution is -2.61. The molecular weight excluding hydrogens is 878 g/mol. The van der Waals surface area contributed by atoms with Gasteiger partial charge in [0.15, 0.2) is 12.6 Å². The van der Waals surface area contributed by atoms with Gasteiger partial charge in [0.2, 0.25) is 0 Å². The summed E-state index contributed by atoms with van der Waals surface area (Å²) in [6.07, 6.45) is -11.0. The summed E-state index contributed by atoms with van der Waals surface area (Å²) in [6, 6.07) is 2.65. The molecule has 20 heteroatoms. The zero-order valence-corrected chi connectivity index (χ0v) is 41.1. The van der Waals surface area contributed by atoms with Gasteiger partial charge in [0.25, 0.3) is 10.0 Å². The molecule has 18 nitrogen and oxygen atoms in total. The Kier molecular flexibility index (Phi) is 18.2. The maximum absolute atomic E-state index is 14.5. The second kappa shape index (κ2) is 21.4. The third kappa shape index (κ3) is 12.1. The predicted molar refractivity (Wildman–Crippen MR) is 235 cm³/mol. The summed E-state index contributed by atoms with van der Waals surface area (Å²) in [5, 5.41) is 59.4. The summed E-state index contributed by atoms with van der Waals surface area (Å²) in [6.45, 7) is 15.7. The van der Waals surface area contributed by atoms with Gasteiger partial charge in [-0.2, -0.15) is 0 Å². The van der Waals surface area contributed by atoms with Crippen molar-refractivity contribution in [3.63, 3.8) is 0 Å². The van der Waals surface area contributed by atoms with Crippen molar-refractivity contribution < 1.29 is 72.0 Å². The number of urea groups is 1. The minimum absolute atomic E-state index is 0.00425. The number of rotatable bonds is 9. The van der Waals surface area contributed by atoms with Crippen LogP contribution in [-0.2, 0) is 43.2 Å². The standard InChI is InChI=1S/C44H74ClN3O15S/c1-14-32-44(10,55)36(50)27(6)48(41(53)46-64(56,57)31-18-16-15-17-29(31)45)22-23(2)20-42(8,54)38(63-40-34(49)30(47(11)12)19-24(3)59-40)25(4)35(26(5)39(52)61-32)62-33-21-43(9,58-13)37(51)28(7)60-33/h15-18,23-28,30,32-38,40,49-51,54-55H,14,19-22H2,1-13H3,(H,46,53)/t23-,24-,25+,26-,27-,28+,30+,32-,33+,34-,35+,36-,37+,38-,40+,42-,43-,44-/m1/s1. The first kappa shape index (κ1) is 54.4. The highest BCUT2D eigenvalue weighted by molar-refractivity contribution is 7.90. The monoisotopic (exact) mass is 951 g/mol. The van der Waals surface area contributed by atoms with Gasteiger partial charge >= 0.3 is 12.0 Å². The number of benzene rings is 1. The minimum Gasteiger partial charge on any atom is -0.459 e. The Morgan fingerprint density at radius 3 is 2.19 bits per heavy atom. The molecule has 3 aliphatic heterocycles. The number of carbonyl (C=O) groups excluding carboxylic acids is 2. The summed E-state index contributed by atoms with van der Waals surface area (Å²) in [4.78, 5) is 31.2. The molecule has 1 aromatic rings. The van der Waals surface area contributed by atoms with Gasteiger partial charge in [-0.15, -0.1) is 0 Å². The highest BCUT2D eigenvalue weighted by Gasteiger charge is 2.53. The number of hydrogen-bond acceptors (Lipinski definition) is 16. The van der Waals surface area contributed by atoms with Crippen molar-refractivity contribution in [1.82, 2.24) is 14.5 Å². The highest BCUT2D eigenvalue weighted by atomic mass is 35.5. The van der Waals surface area contributed by atoms with E-state index in [-0.39, 0.29) is 41.8 Å². The lowest BCUT2D eigenvalue weighted by Gasteiger charge is -2.48. The summed E-state index contributed by atoms with van der Waals surface area (Å²) < 4.78 is 66.7. The number of aliphatic hydroxyl groups is 5. The Hall–Kier alpha value is -2.24. The van der Waals surface area contributed by atoms with E-state index in [1.165, 1.54) is 52.1 Å². The van der Waals surface area contributed by atoms with Crippen LogP contribution in [0.3, 0.4) is 0 Å². The fourth-order valence-electron chi connectivity index (χ4n) is 9.67. The van der Waals surface area contributed by atoms with Crippen molar-refractivity contribution in [2.24, 2.45) is 17.8 Å². The minimum atomic E-state index is -4.57. The van der Waals surface area contributed by atoms with Gasteiger partial charge < -0.3 is 63.8 Å². The van der Waals surface area contributed by atoms with Crippen LogP contribution in [0.5, 0.6) is 0 Å². The molecule has 0 spiro atoms. The number of likely N-dealkylation sites (N-methyl/N-ethyl adjacent to an activating group) is 1. The molecule has 0 unspecified atom stereocenters. The molecule has 4 rings (SSSR count). The number of aliphatic hydroxyl groups excluding tert-OH is 3. The van der Waals surface area contributed by atoms with Gasteiger partial charge in [0.05, 0.1) is 52.6 Å². The van der Waals surface area contributed by atoms with Crippen LogP contribution in [0.25, 0.3) is 0 Å². The summed E-state index contributed by atoms with van der Waals surface area (Å²) in [5.74, 6) is -3.69. The van der Waals surface area contributed by atoms with Crippen LogP contribution in [0.15, 0.2) is 29.2 Å². The second-order valence-electron chi connectivity index (χ2n) is 19.2. The van der Waals surface area contributed by atoms with E-state index in [9.17, 15) is 43.5 Å². The molecule has 6 N–H and O–H groups in total. The zero-order valence-electron chi connectivity index (χ0n) is 39.5. The fraction of sp³-hybridized carbons (Fsp3) is 0.818. The molecular formula is C44H74ClN3O15S. The number of hydrogen-bond donors (Lipinski definition) is 6. The van der Waals surface area contributed by atoms with Gasteiger partial charge in [-0.05, 0) is 99.9 Å². The average Bonchev–Trinajstić information content (AvgIpc) is 3.20. The van der Waals surface area contributed by atoms with E-state index in [0.717, 1.165) is 4.90 Å². The smallest absolute Gasteiger partial charge is 0.331 e. The maximum Gasteiger partial charge on any atom is 0.331 e. The van der Waals surface area contributed by atoms with Crippen LogP contribution in [0.1, 0.15) is 94.9 Å². The maximum atomic E-state index is 14.5. The van der Waals surface area contributed by atoms with Gasteiger partial charge in [0, 0.05) is 32.0 Å². The lowest BCUT2D eigenvalue weighted by molar-refractivity contribution is -0.318. The van der Waals surface area contributed by atoms with E-state index in [1.807, 2.05) is 30.6 Å². The first-order valence-electron chi connectivity index (χ1n) is 22.1. The number of nitrogens with one attached hydrogen (secondary N) is 1. The van der Waals surface area contributed by atoms with E-state index in [2.05, 4.69) is 0 Å². The number of amides is 2. The van der Waals surface area contributed by atoms with Crippen molar-refractivity contribution in [3.8, 4) is 0 Å². The normalized spacial score (nSPS) is 42.3. The van der Waals surface area contributed by atoms with Crippen LogP contribution in [0.4, 0.5) is 4.79 Å². The molecule has 2 amide bonds. The number of sulfonamides is 1. The predicted octanol–water partition coefficient (Wildman–Crippen LogP) is 3.02. The van der Waals surface area contributed by atoms with Crippen molar-refractivity contribution >= 4 is 33.6 Å². The molecule has 3 fully saturated rings. The van der Waals surface area contributed by atoms with E-state index in [0.29, 0.717) is 6.42 Å². The number of carbonyl (C=O) groups is 2. The Morgan fingerprint density at radius 1 is 0.984 bits per heavy atom. The molecule has 0 radical (unpaired) electrons. The third-order valence-electron chi connectivity index (χ3n) is 13.5. The first-order valence-corrected chi connectivity index (χ1v) is 24.0. The molecule has 0 bridgehead atoms. The molecule has 0 saturated carbocycles. The van der Waals surface area contributed by atoms with Crippen LogP contribution >= 0.6 is 11.6 Å². The average molecular weight is 953 g/mol. The topological polar surface area (TPSA) is 243 Å². The summed E-state index contributed by atoms with van der Waals surface area (Å²) in [5.41, 5.74) is -5.23. The largest absolute Gasteiger partial charge is 0.459 e. The van der Waals surface area contributed by atoms with Crippen molar-refractivity contribution in [2.75, 3.05) is 27.7 Å². The van der Waals surface area contributed by atoms with E-state index in [1.54, 1.807) is 41.5 Å². The first-order chi connectivity index (χ1) is 29.5. The molecule has 0 aromatic heterocycles. The number of esters is 1. The molecule has 0 aliphatic carbocycles. The quantitative estimate of drug-likeness (QED) is 0.195. The molecule has 3 heterocycles. The molecule has 3 aliphatic rings. The molecule has 3 saturated heterocycles. The van der Waals surface area contributed by atoms with Gasteiger partial charge in [-0.25, -0.2) is 17.9 Å². The molecule has 1 aromatic carbocycles. The van der Waals surface area contributed by atoms with Crippen LogP contribution in [0, 0.1) is 17.8 Å². The van der Waals surface area contributed by atoms with Gasteiger partial charge in [-0.3, -0.25) is 4.79 Å². The highest BCUT2D eigenvalue weighted by Crippen LogP contribution is 2.40. The number of methoxy groups -OCH3 is 1. The van der Waals surface area contributed by atoms with Gasteiger partial charge in [0.1, 0.15) is 34.9 Å². The molecule has 368 valence electrons. The zero-order chi connectivity index (χ0) is 48.4. The number of halogens is 1. The number of nitrogens with zero attached hydrogens (tertiary/aromatic N) is 2. The van der Waals surface area contributed by atoms with Crippen LogP contribution in [0.2, 0.25) is 5.02 Å². The lowest BCUT2D eigenvalue weighted by atomic mass is 9.77. The van der Waals surface area contributed by atoms with E-state index < -0.39 is 124 Å². The summed E-state index contributed by atoms with van der Waals surface area (Å²) >= 11 is 6.21. The van der Waals surface area contributed by atoms with E-state index >= 15 is 0 Å². The van der Waals surface area contributed by atoms with Crippen molar-refractivity contribution in [2.45, 2.75) is 190 Å². The Bertz CT molecular complexity index is 1840. The Balaban J connectivity index is 1.88. The Labute approximate surface area is 383 Å². The fourth-order valence-corrected chi connectivity index (χ4v) is 11.1. The second-order valence-corrected chi connectivity index (χ2v) is 21.3. The SMILES string of the molecule is CC[C@H]1OC(=O)[C@H](C)[C@@H](O[C@H]2C[C@@](C)(OC)[C@@H](O)[C@H](C)O2)[C@H](C)[C@@H](O[C@@H]2O[C@H](C)C[C@H](N(C)C)[C@H]2O)[C@](C)(O)C[C@@H](C)CN(C(=O)NS(=O)(=O)c2ccccc2Cl)[C@H](C)[C@@H](O)[C@]1(C)O. The Morgan fingerprint density at radius 2 is 1.61 bits per heavy atom. The number of ether oxygens (including phenoxy) is 6. The van der Waals surface area contributed by atoms with Crippen LogP contribution in [-0.4, -0.2) is 174 Å². The van der Waals surface area contributed by atoms with Crippen molar-refractivity contribution in [1.29, 1.82) is 0 Å². The number of cyclic esters (lactones) is 1. The van der Waals surface area contributed by atoms with Crippen molar-refractivity contribution in [3.05, 3.63) is 29.3 Å². The van der Waals surface area contributed by atoms with E-state index in [4.69, 9.17) is 40.0 Å². The third-order valence-corrected chi connectivity index (χ3v) is 15.3. The molecule has 18 atom stereocenters. The molecule has 64 heavy (non-hydrogen) atoms.